The molecule has 1 atom stereocenters. The van der Waals surface area contributed by atoms with Crippen LogP contribution >= 0.6 is 24.0 Å². The van der Waals surface area contributed by atoms with E-state index in [-0.39, 0.29) is 17.4 Å². The van der Waals surface area contributed by atoms with Crippen molar-refractivity contribution in [2.75, 3.05) is 18.1 Å². The number of rotatable bonds is 7. The summed E-state index contributed by atoms with van der Waals surface area (Å²) in [6, 6.07) is 15.3. The van der Waals surface area contributed by atoms with Crippen molar-refractivity contribution in [1.82, 2.24) is 14.7 Å². The number of benzene rings is 2. The molecule has 7 nitrogen and oxygen atoms in total. The van der Waals surface area contributed by atoms with Gasteiger partial charge in [-0.05, 0) is 61.7 Å². The SMILES string of the molecule is CCCOc1ccc(-c2nn(-c3ccccc3)cc2/C=C2/SC(=S)N(C3CCS(=O)(=O)C3)C2=O)c(C)c1. The molecule has 0 aliphatic carbocycles. The number of sulfone groups is 1. The van der Waals surface area contributed by atoms with Crippen molar-refractivity contribution in [1.29, 1.82) is 0 Å². The van der Waals surface area contributed by atoms with E-state index in [0.717, 1.165) is 40.2 Å². The van der Waals surface area contributed by atoms with Crippen molar-refractivity contribution in [3.05, 3.63) is 70.8 Å². The number of thiocarbonyl (C=S) groups is 1. The summed E-state index contributed by atoms with van der Waals surface area (Å²) in [4.78, 5) is 15.3. The molecule has 0 saturated carbocycles. The van der Waals surface area contributed by atoms with Gasteiger partial charge in [-0.1, -0.05) is 49.1 Å². The molecule has 0 radical (unpaired) electrons. The molecule has 0 spiro atoms. The maximum Gasteiger partial charge on any atom is 0.266 e. The van der Waals surface area contributed by atoms with Gasteiger partial charge in [0.05, 0.1) is 34.7 Å². The zero-order valence-corrected chi connectivity index (χ0v) is 23.0. The minimum Gasteiger partial charge on any atom is -0.494 e. The molecule has 0 bridgehead atoms. The Labute approximate surface area is 226 Å². The molecule has 3 heterocycles. The van der Waals surface area contributed by atoms with E-state index in [0.29, 0.717) is 22.3 Å². The first-order chi connectivity index (χ1) is 17.8. The molecular weight excluding hydrogens is 527 g/mol. The maximum atomic E-state index is 13.4. The number of aryl methyl sites for hydroxylation is 1. The Bertz CT molecular complexity index is 1500. The Balaban J connectivity index is 1.54. The highest BCUT2D eigenvalue weighted by Crippen LogP contribution is 2.38. The smallest absolute Gasteiger partial charge is 0.266 e. The summed E-state index contributed by atoms with van der Waals surface area (Å²) in [5.74, 6) is 0.587. The highest BCUT2D eigenvalue weighted by Gasteiger charge is 2.42. The minimum atomic E-state index is -3.15. The molecule has 2 saturated heterocycles. The van der Waals surface area contributed by atoms with E-state index in [1.165, 1.54) is 16.7 Å². The van der Waals surface area contributed by atoms with Crippen LogP contribution in [0.2, 0.25) is 0 Å². The highest BCUT2D eigenvalue weighted by molar-refractivity contribution is 8.26. The first-order valence-corrected chi connectivity index (χ1v) is 15.2. The largest absolute Gasteiger partial charge is 0.494 e. The van der Waals surface area contributed by atoms with Crippen LogP contribution in [0, 0.1) is 6.92 Å². The molecule has 2 aromatic carbocycles. The zero-order valence-electron chi connectivity index (χ0n) is 20.6. The molecule has 3 aromatic rings. The van der Waals surface area contributed by atoms with Gasteiger partial charge in [0.25, 0.3) is 5.91 Å². The van der Waals surface area contributed by atoms with E-state index in [2.05, 4.69) is 6.92 Å². The van der Waals surface area contributed by atoms with Crippen molar-refractivity contribution in [2.45, 2.75) is 32.7 Å². The van der Waals surface area contributed by atoms with E-state index in [4.69, 9.17) is 22.1 Å². The molecule has 1 amide bonds. The van der Waals surface area contributed by atoms with Crippen LogP contribution in [0.1, 0.15) is 30.9 Å². The van der Waals surface area contributed by atoms with Crippen LogP contribution in [0.5, 0.6) is 5.75 Å². The quantitative estimate of drug-likeness (QED) is 0.300. The first-order valence-electron chi connectivity index (χ1n) is 12.1. The lowest BCUT2D eigenvalue weighted by Crippen LogP contribution is -2.39. The fraction of sp³-hybridized carbons (Fsp3) is 0.296. The third kappa shape index (κ3) is 5.37. The van der Waals surface area contributed by atoms with Crippen molar-refractivity contribution < 1.29 is 17.9 Å². The second-order valence-corrected chi connectivity index (χ2v) is 13.1. The number of aromatic nitrogens is 2. The van der Waals surface area contributed by atoms with Crippen LogP contribution in [-0.2, 0) is 14.6 Å². The van der Waals surface area contributed by atoms with Crippen LogP contribution in [-0.4, -0.2) is 57.5 Å². The van der Waals surface area contributed by atoms with Crippen LogP contribution in [0.4, 0.5) is 0 Å². The summed E-state index contributed by atoms with van der Waals surface area (Å²) in [5.41, 5.74) is 4.34. The molecule has 2 aliphatic rings. The summed E-state index contributed by atoms with van der Waals surface area (Å²) in [6.45, 7) is 4.73. The monoisotopic (exact) mass is 553 g/mol. The van der Waals surface area contributed by atoms with E-state index < -0.39 is 15.9 Å². The highest BCUT2D eigenvalue weighted by atomic mass is 32.2. The van der Waals surface area contributed by atoms with Crippen molar-refractivity contribution in [2.24, 2.45) is 0 Å². The third-order valence-corrected chi connectivity index (χ3v) is 9.45. The molecule has 192 valence electrons. The molecule has 37 heavy (non-hydrogen) atoms. The number of hydrogen-bond acceptors (Lipinski definition) is 7. The summed E-state index contributed by atoms with van der Waals surface area (Å²) in [7, 11) is -3.15. The second-order valence-electron chi connectivity index (χ2n) is 9.15. The lowest BCUT2D eigenvalue weighted by Gasteiger charge is -2.20. The van der Waals surface area contributed by atoms with Gasteiger partial charge in [-0.3, -0.25) is 9.69 Å². The topological polar surface area (TPSA) is 81.5 Å². The minimum absolute atomic E-state index is 0.0461. The van der Waals surface area contributed by atoms with Crippen LogP contribution < -0.4 is 4.74 Å². The van der Waals surface area contributed by atoms with Crippen molar-refractivity contribution in [3.63, 3.8) is 0 Å². The average Bonchev–Trinajstić information content (AvgIpc) is 3.53. The normalized spacial score (nSPS) is 20.2. The number of hydrogen-bond donors (Lipinski definition) is 0. The number of ether oxygens (including phenoxy) is 1. The fourth-order valence-electron chi connectivity index (χ4n) is 4.54. The fourth-order valence-corrected chi connectivity index (χ4v) is 7.63. The third-order valence-electron chi connectivity index (χ3n) is 6.37. The molecule has 5 rings (SSSR count). The first kappa shape index (κ1) is 25.7. The van der Waals surface area contributed by atoms with E-state index in [9.17, 15) is 13.2 Å². The Morgan fingerprint density at radius 1 is 1.22 bits per heavy atom. The molecule has 1 unspecified atom stereocenters. The predicted octanol–water partition coefficient (Wildman–Crippen LogP) is 5.02. The number of amides is 1. The van der Waals surface area contributed by atoms with Gasteiger partial charge in [0.15, 0.2) is 9.84 Å². The Hall–Kier alpha value is -2.95. The van der Waals surface area contributed by atoms with Crippen molar-refractivity contribution >= 4 is 50.1 Å². The standard InChI is InChI=1S/C27H27N3O4S3/c1-3-12-34-22-9-10-23(18(2)14-22)25-19(16-29(28-25)20-7-5-4-6-8-20)15-24-26(31)30(27(35)36-24)21-11-13-37(32,33)17-21/h4-10,14-16,21H,3,11-13,17H2,1-2H3/b24-15+. The molecule has 10 heteroatoms. The van der Waals surface area contributed by atoms with E-state index >= 15 is 0 Å². The van der Waals surface area contributed by atoms with Crippen molar-refractivity contribution in [3.8, 4) is 22.7 Å². The molecular formula is C27H27N3O4S3. The van der Waals surface area contributed by atoms with Gasteiger partial charge in [-0.2, -0.15) is 5.10 Å². The lowest BCUT2D eigenvalue weighted by molar-refractivity contribution is -0.123. The van der Waals surface area contributed by atoms with Gasteiger partial charge in [0.1, 0.15) is 15.8 Å². The Morgan fingerprint density at radius 2 is 2.00 bits per heavy atom. The zero-order chi connectivity index (χ0) is 26.2. The number of nitrogens with zero attached hydrogens (tertiary/aromatic N) is 3. The Morgan fingerprint density at radius 3 is 2.68 bits per heavy atom. The van der Waals surface area contributed by atoms with Gasteiger partial charge in [0.2, 0.25) is 0 Å². The second kappa shape index (κ2) is 10.4. The predicted molar refractivity (Wildman–Crippen MR) is 152 cm³/mol. The summed E-state index contributed by atoms with van der Waals surface area (Å²) >= 11 is 6.70. The van der Waals surface area contributed by atoms with Gasteiger partial charge in [0, 0.05) is 17.3 Å². The van der Waals surface area contributed by atoms with Gasteiger partial charge >= 0.3 is 0 Å². The molecule has 2 aliphatic heterocycles. The molecule has 2 fully saturated rings. The van der Waals surface area contributed by atoms with Gasteiger partial charge in [-0.25, -0.2) is 13.1 Å². The van der Waals surface area contributed by atoms with E-state index in [1.807, 2.05) is 67.7 Å². The summed E-state index contributed by atoms with van der Waals surface area (Å²) in [6.07, 6.45) is 5.05. The van der Waals surface area contributed by atoms with Gasteiger partial charge < -0.3 is 4.74 Å². The maximum absolute atomic E-state index is 13.4. The number of carbonyl (C=O) groups excluding carboxylic acids is 1. The Kier molecular flexibility index (Phi) is 7.24. The molecule has 0 N–H and O–H groups in total. The van der Waals surface area contributed by atoms with Gasteiger partial charge in [-0.15, -0.1) is 0 Å². The molecule has 1 aromatic heterocycles. The number of carbonyl (C=O) groups is 1. The van der Waals surface area contributed by atoms with E-state index in [1.54, 1.807) is 4.68 Å². The van der Waals surface area contributed by atoms with Crippen LogP contribution in [0.25, 0.3) is 23.0 Å². The number of para-hydroxylation sites is 1. The summed E-state index contributed by atoms with van der Waals surface area (Å²) in [5, 5.41) is 4.89. The van der Waals surface area contributed by atoms with Crippen LogP contribution in [0.15, 0.2) is 59.6 Å². The average molecular weight is 554 g/mol. The lowest BCUT2D eigenvalue weighted by atomic mass is 10.0. The summed E-state index contributed by atoms with van der Waals surface area (Å²) < 4.78 is 32.0. The van der Waals surface area contributed by atoms with Crippen LogP contribution in [0.3, 0.4) is 0 Å². The number of thioether (sulfide) groups is 1.